The van der Waals surface area contributed by atoms with Crippen molar-refractivity contribution in [3.63, 3.8) is 0 Å². The Hall–Kier alpha value is -1.59. The standard InChI is InChI=1S/C17H19Cl2N3O2/c1-11-20-16(22-24-11)17(9-2-3-10-17)21-14(23)8-7-12-5-4-6-13(18)15(12)19/h4-6H,2-3,7-10H2,1H3,(H,21,23). The van der Waals surface area contributed by atoms with Crippen LogP contribution in [0, 0.1) is 6.92 Å². The molecular formula is C17H19Cl2N3O2. The molecule has 1 aromatic carbocycles. The summed E-state index contributed by atoms with van der Waals surface area (Å²) in [5, 5.41) is 8.17. The molecule has 0 bridgehead atoms. The van der Waals surface area contributed by atoms with Crippen molar-refractivity contribution in [2.45, 2.75) is 51.0 Å². The monoisotopic (exact) mass is 367 g/mol. The molecule has 0 aliphatic heterocycles. The van der Waals surface area contributed by atoms with Crippen LogP contribution in [0.1, 0.15) is 49.4 Å². The second kappa shape index (κ2) is 7.11. The van der Waals surface area contributed by atoms with Crippen LogP contribution < -0.4 is 5.32 Å². The maximum atomic E-state index is 12.5. The molecule has 1 aliphatic rings. The van der Waals surface area contributed by atoms with Crippen molar-refractivity contribution in [2.75, 3.05) is 0 Å². The minimum absolute atomic E-state index is 0.0459. The SMILES string of the molecule is Cc1nc(C2(NC(=O)CCc3cccc(Cl)c3Cl)CCCC2)no1. The second-order valence-electron chi connectivity index (χ2n) is 6.19. The van der Waals surface area contributed by atoms with Gasteiger partial charge in [-0.25, -0.2) is 0 Å². The van der Waals surface area contributed by atoms with Gasteiger partial charge in [-0.2, -0.15) is 4.98 Å². The average molecular weight is 368 g/mol. The largest absolute Gasteiger partial charge is 0.343 e. The first-order chi connectivity index (χ1) is 11.5. The topological polar surface area (TPSA) is 68.0 Å². The third-order valence-electron chi connectivity index (χ3n) is 4.44. The number of amides is 1. The van der Waals surface area contributed by atoms with Crippen molar-refractivity contribution >= 4 is 29.1 Å². The summed E-state index contributed by atoms with van der Waals surface area (Å²) in [6, 6.07) is 5.46. The molecule has 5 nitrogen and oxygen atoms in total. The van der Waals surface area contributed by atoms with E-state index in [0.29, 0.717) is 34.6 Å². The number of aromatic nitrogens is 2. The third-order valence-corrected chi connectivity index (χ3v) is 5.30. The van der Waals surface area contributed by atoms with Crippen molar-refractivity contribution in [1.29, 1.82) is 0 Å². The number of hydrogen-bond donors (Lipinski definition) is 1. The van der Waals surface area contributed by atoms with Crippen LogP contribution in [0.15, 0.2) is 22.7 Å². The molecule has 1 aliphatic carbocycles. The lowest BCUT2D eigenvalue weighted by Crippen LogP contribution is -2.44. The predicted molar refractivity (Wildman–Crippen MR) is 92.1 cm³/mol. The molecular weight excluding hydrogens is 349 g/mol. The van der Waals surface area contributed by atoms with E-state index >= 15 is 0 Å². The fourth-order valence-corrected chi connectivity index (χ4v) is 3.61. The van der Waals surface area contributed by atoms with Crippen molar-refractivity contribution < 1.29 is 9.32 Å². The van der Waals surface area contributed by atoms with E-state index in [2.05, 4.69) is 15.5 Å². The van der Waals surface area contributed by atoms with E-state index in [0.717, 1.165) is 31.2 Å². The molecule has 7 heteroatoms. The van der Waals surface area contributed by atoms with Gasteiger partial charge in [0.05, 0.1) is 10.0 Å². The Morgan fingerprint density at radius 3 is 2.75 bits per heavy atom. The Labute approximate surface area is 150 Å². The fourth-order valence-electron chi connectivity index (χ4n) is 3.20. The number of nitrogens with zero attached hydrogens (tertiary/aromatic N) is 2. The van der Waals surface area contributed by atoms with E-state index < -0.39 is 5.54 Å². The van der Waals surface area contributed by atoms with Gasteiger partial charge in [0, 0.05) is 13.3 Å². The molecule has 1 heterocycles. The van der Waals surface area contributed by atoms with Gasteiger partial charge in [-0.05, 0) is 30.9 Å². The molecule has 24 heavy (non-hydrogen) atoms. The van der Waals surface area contributed by atoms with Gasteiger partial charge in [0.2, 0.25) is 11.8 Å². The van der Waals surface area contributed by atoms with Crippen LogP contribution in [0.3, 0.4) is 0 Å². The molecule has 0 atom stereocenters. The zero-order valence-corrected chi connectivity index (χ0v) is 15.0. The summed E-state index contributed by atoms with van der Waals surface area (Å²) in [6.07, 6.45) is 4.60. The first-order valence-electron chi connectivity index (χ1n) is 8.05. The lowest BCUT2D eigenvalue weighted by molar-refractivity contribution is -0.123. The molecule has 1 N–H and O–H groups in total. The van der Waals surface area contributed by atoms with Crippen LogP contribution in [0.25, 0.3) is 0 Å². The van der Waals surface area contributed by atoms with E-state index in [1.807, 2.05) is 12.1 Å². The summed E-state index contributed by atoms with van der Waals surface area (Å²) >= 11 is 12.2. The van der Waals surface area contributed by atoms with Gasteiger partial charge < -0.3 is 9.84 Å². The van der Waals surface area contributed by atoms with Crippen LogP contribution in [0.4, 0.5) is 0 Å². The Morgan fingerprint density at radius 1 is 1.33 bits per heavy atom. The summed E-state index contributed by atoms with van der Waals surface area (Å²) in [5.41, 5.74) is 0.364. The van der Waals surface area contributed by atoms with E-state index in [-0.39, 0.29) is 5.91 Å². The summed E-state index contributed by atoms with van der Waals surface area (Å²) < 4.78 is 5.10. The highest BCUT2D eigenvalue weighted by molar-refractivity contribution is 6.42. The molecule has 1 saturated carbocycles. The quantitative estimate of drug-likeness (QED) is 0.859. The zero-order valence-electron chi connectivity index (χ0n) is 13.4. The number of carbonyl (C=O) groups is 1. The highest BCUT2D eigenvalue weighted by Crippen LogP contribution is 2.37. The van der Waals surface area contributed by atoms with Crippen LogP contribution in [-0.4, -0.2) is 16.0 Å². The number of halogens is 2. The molecule has 0 spiro atoms. The Balaban J connectivity index is 1.67. The van der Waals surface area contributed by atoms with Gasteiger partial charge in [0.25, 0.3) is 0 Å². The highest BCUT2D eigenvalue weighted by atomic mass is 35.5. The lowest BCUT2D eigenvalue weighted by Gasteiger charge is -2.26. The number of carbonyl (C=O) groups excluding carboxylic acids is 1. The van der Waals surface area contributed by atoms with Crippen LogP contribution in [0.5, 0.6) is 0 Å². The molecule has 3 rings (SSSR count). The normalized spacial score (nSPS) is 16.3. The fraction of sp³-hybridized carbons (Fsp3) is 0.471. The maximum absolute atomic E-state index is 12.5. The number of aryl methyl sites for hydroxylation is 2. The van der Waals surface area contributed by atoms with E-state index in [4.69, 9.17) is 27.7 Å². The molecule has 0 saturated heterocycles. The number of nitrogens with one attached hydrogen (secondary N) is 1. The Kier molecular flexibility index (Phi) is 5.11. The number of hydrogen-bond acceptors (Lipinski definition) is 4. The van der Waals surface area contributed by atoms with Gasteiger partial charge in [-0.15, -0.1) is 0 Å². The predicted octanol–water partition coefficient (Wildman–Crippen LogP) is 4.20. The maximum Gasteiger partial charge on any atom is 0.223 e. The van der Waals surface area contributed by atoms with Crippen molar-refractivity contribution in [2.24, 2.45) is 0 Å². The first-order valence-corrected chi connectivity index (χ1v) is 8.80. The lowest BCUT2D eigenvalue weighted by atomic mass is 9.96. The van der Waals surface area contributed by atoms with E-state index in [1.165, 1.54) is 0 Å². The summed E-state index contributed by atoms with van der Waals surface area (Å²) in [7, 11) is 0. The third kappa shape index (κ3) is 3.57. The Morgan fingerprint density at radius 2 is 2.08 bits per heavy atom. The molecule has 1 amide bonds. The van der Waals surface area contributed by atoms with Crippen LogP contribution in [0.2, 0.25) is 10.0 Å². The van der Waals surface area contributed by atoms with E-state index in [1.54, 1.807) is 13.0 Å². The summed E-state index contributed by atoms with van der Waals surface area (Å²) in [5.74, 6) is 1.04. The van der Waals surface area contributed by atoms with Crippen molar-refractivity contribution in [3.05, 3.63) is 45.5 Å². The summed E-state index contributed by atoms with van der Waals surface area (Å²) in [4.78, 5) is 16.8. The van der Waals surface area contributed by atoms with Gasteiger partial charge in [-0.3, -0.25) is 4.79 Å². The van der Waals surface area contributed by atoms with Gasteiger partial charge in [0.15, 0.2) is 5.82 Å². The smallest absolute Gasteiger partial charge is 0.223 e. The van der Waals surface area contributed by atoms with Crippen LogP contribution in [-0.2, 0) is 16.8 Å². The van der Waals surface area contributed by atoms with Crippen molar-refractivity contribution in [3.8, 4) is 0 Å². The minimum Gasteiger partial charge on any atom is -0.343 e. The number of rotatable bonds is 5. The molecule has 1 aromatic heterocycles. The van der Waals surface area contributed by atoms with Gasteiger partial charge in [0.1, 0.15) is 5.54 Å². The highest BCUT2D eigenvalue weighted by Gasteiger charge is 2.41. The first kappa shape index (κ1) is 17.2. The zero-order chi connectivity index (χ0) is 17.2. The second-order valence-corrected chi connectivity index (χ2v) is 6.97. The van der Waals surface area contributed by atoms with E-state index in [9.17, 15) is 4.79 Å². The molecule has 0 unspecified atom stereocenters. The number of benzene rings is 1. The molecule has 2 aromatic rings. The Bertz CT molecular complexity index is 739. The summed E-state index contributed by atoms with van der Waals surface area (Å²) in [6.45, 7) is 1.75. The average Bonchev–Trinajstić information content (AvgIpc) is 3.19. The molecule has 1 fully saturated rings. The van der Waals surface area contributed by atoms with Gasteiger partial charge >= 0.3 is 0 Å². The minimum atomic E-state index is -0.507. The van der Waals surface area contributed by atoms with Gasteiger partial charge in [-0.1, -0.05) is 53.3 Å². The van der Waals surface area contributed by atoms with Crippen LogP contribution >= 0.6 is 23.2 Å². The molecule has 0 radical (unpaired) electrons. The van der Waals surface area contributed by atoms with Crippen molar-refractivity contribution in [1.82, 2.24) is 15.5 Å². The molecule has 128 valence electrons.